The third-order valence-electron chi connectivity index (χ3n) is 8.23. The van der Waals surface area contributed by atoms with Crippen molar-refractivity contribution in [2.75, 3.05) is 36.9 Å². The first-order valence-corrected chi connectivity index (χ1v) is 14.2. The molecule has 39 heavy (non-hydrogen) atoms. The van der Waals surface area contributed by atoms with E-state index >= 15 is 4.39 Å². The molecule has 3 aliphatic heterocycles. The summed E-state index contributed by atoms with van der Waals surface area (Å²) in [4.78, 5) is 16.0. The molecule has 2 bridgehead atoms. The van der Waals surface area contributed by atoms with Gasteiger partial charge in [0.05, 0.1) is 11.4 Å². The van der Waals surface area contributed by atoms with E-state index in [1.807, 2.05) is 0 Å². The fourth-order valence-corrected chi connectivity index (χ4v) is 7.48. The highest BCUT2D eigenvalue weighted by Crippen LogP contribution is 2.38. The van der Waals surface area contributed by atoms with Crippen LogP contribution in [-0.4, -0.2) is 62.4 Å². The second-order valence-electron chi connectivity index (χ2n) is 10.9. The first-order chi connectivity index (χ1) is 18.9. The molecule has 4 aromatic rings. The number of anilines is 2. The number of halogens is 3. The van der Waals surface area contributed by atoms with Crippen molar-refractivity contribution in [2.24, 2.45) is 5.92 Å². The van der Waals surface area contributed by atoms with Crippen LogP contribution in [0.25, 0.3) is 32.9 Å². The van der Waals surface area contributed by atoms with Crippen LogP contribution in [-0.2, 0) is 0 Å². The lowest BCUT2D eigenvalue weighted by Crippen LogP contribution is -2.52. The van der Waals surface area contributed by atoms with Crippen LogP contribution in [0.4, 0.5) is 20.3 Å². The van der Waals surface area contributed by atoms with Crippen LogP contribution in [0.5, 0.6) is 6.01 Å². The molecule has 0 saturated carbocycles. The molecule has 5 heterocycles. The molecule has 2 unspecified atom stereocenters. The van der Waals surface area contributed by atoms with E-state index in [0.29, 0.717) is 46.9 Å². The molecule has 0 radical (unpaired) electrons. The predicted octanol–water partition coefficient (Wildman–Crippen LogP) is 4.70. The molecule has 4 atom stereocenters. The third kappa shape index (κ3) is 4.34. The van der Waals surface area contributed by atoms with Gasteiger partial charge in [0.25, 0.3) is 0 Å². The number of rotatable bonds is 5. The summed E-state index contributed by atoms with van der Waals surface area (Å²) in [6.45, 7) is 5.11. The zero-order valence-electron chi connectivity index (χ0n) is 21.4. The molecule has 202 valence electrons. The van der Waals surface area contributed by atoms with Gasteiger partial charge in [-0.25, -0.2) is 11.9 Å². The number of hydrogen-bond donors (Lipinski definition) is 2. The number of fused-ring (bicyclic) bond motifs is 4. The molecule has 0 amide bonds. The molecule has 0 aliphatic carbocycles. The number of hydrogen-bond acceptors (Lipinski definition) is 8. The van der Waals surface area contributed by atoms with Gasteiger partial charge >= 0.3 is 6.01 Å². The lowest BCUT2D eigenvalue weighted by molar-refractivity contribution is 0.0886. The van der Waals surface area contributed by atoms with Crippen molar-refractivity contribution >= 4 is 56.0 Å². The van der Waals surface area contributed by atoms with E-state index in [1.54, 1.807) is 30.5 Å². The van der Waals surface area contributed by atoms with E-state index in [9.17, 15) is 4.39 Å². The van der Waals surface area contributed by atoms with Gasteiger partial charge in [-0.1, -0.05) is 19.1 Å². The van der Waals surface area contributed by atoms with Gasteiger partial charge in [-0.3, -0.25) is 4.98 Å². The Bertz CT molecular complexity index is 1580. The van der Waals surface area contributed by atoms with Crippen molar-refractivity contribution in [1.82, 2.24) is 23.4 Å². The summed E-state index contributed by atoms with van der Waals surface area (Å²) < 4.78 is 39.7. The minimum atomic E-state index is -0.651. The van der Waals surface area contributed by atoms with Crippen LogP contribution in [0.1, 0.15) is 19.8 Å². The Morgan fingerprint density at radius 1 is 1.13 bits per heavy atom. The molecule has 11 heteroatoms. The van der Waals surface area contributed by atoms with Crippen molar-refractivity contribution in [3.8, 4) is 17.3 Å². The second-order valence-corrected chi connectivity index (χ2v) is 12.1. The molecule has 3 N–H and O–H groups in total. The smallest absolute Gasteiger partial charge is 0.319 e. The van der Waals surface area contributed by atoms with E-state index in [0.717, 1.165) is 32.5 Å². The number of benzene rings is 2. The van der Waals surface area contributed by atoms with E-state index in [-0.39, 0.29) is 34.2 Å². The van der Waals surface area contributed by atoms with Crippen LogP contribution in [0.3, 0.4) is 0 Å². The third-order valence-corrected chi connectivity index (χ3v) is 9.33. The molecule has 2 aromatic carbocycles. The Morgan fingerprint density at radius 3 is 2.67 bits per heavy atom. The Labute approximate surface area is 238 Å². The van der Waals surface area contributed by atoms with Crippen LogP contribution in [0, 0.1) is 17.6 Å². The van der Waals surface area contributed by atoms with Crippen molar-refractivity contribution in [3.63, 3.8) is 0 Å². The molecule has 3 saturated heterocycles. The monoisotopic (exact) mass is 643 g/mol. The molecule has 2 aromatic heterocycles. The topological polar surface area (TPSA) is 92.4 Å². The second kappa shape index (κ2) is 9.63. The molecular formula is C28H28F2IN7O. The summed E-state index contributed by atoms with van der Waals surface area (Å²) in [5.41, 5.74) is 6.90. The van der Waals surface area contributed by atoms with E-state index in [2.05, 4.69) is 53.1 Å². The average Bonchev–Trinajstić information content (AvgIpc) is 3.25. The summed E-state index contributed by atoms with van der Waals surface area (Å²) in [6.07, 6.45) is 3.79. The number of nitrogens with zero attached hydrogens (tertiary/aromatic N) is 5. The number of pyridine rings is 1. The molecule has 3 aliphatic rings. The quantitative estimate of drug-likeness (QED) is 0.184. The highest BCUT2D eigenvalue weighted by Gasteiger charge is 2.36. The number of nitrogens with two attached hydrogens (primary N) is 1. The Kier molecular flexibility index (Phi) is 6.20. The van der Waals surface area contributed by atoms with Crippen molar-refractivity contribution < 1.29 is 13.5 Å². The van der Waals surface area contributed by atoms with Gasteiger partial charge in [0.15, 0.2) is 5.82 Å². The van der Waals surface area contributed by atoms with E-state index in [4.69, 9.17) is 15.5 Å². The van der Waals surface area contributed by atoms with Gasteiger partial charge in [0.2, 0.25) is 0 Å². The highest BCUT2D eigenvalue weighted by atomic mass is 127. The summed E-state index contributed by atoms with van der Waals surface area (Å²) in [5, 5.41) is 4.98. The van der Waals surface area contributed by atoms with Crippen LogP contribution < -0.4 is 20.7 Å². The zero-order chi connectivity index (χ0) is 26.8. The summed E-state index contributed by atoms with van der Waals surface area (Å²) in [7, 11) is 0. The molecule has 3 fully saturated rings. The van der Waals surface area contributed by atoms with Gasteiger partial charge in [-0.2, -0.15) is 9.97 Å². The summed E-state index contributed by atoms with van der Waals surface area (Å²) in [6, 6.07) is 9.03. The predicted molar refractivity (Wildman–Crippen MR) is 156 cm³/mol. The maximum absolute atomic E-state index is 16.4. The number of ether oxygens (including phenoxy) is 1. The SMILES string of the molecule is C[C@@H]1CN(I)[C@@H]1COc1nc(N2CC3CCC(C2)N3)c2cnc(-c3cc(N)cc4cccc(F)c34)c(F)c2n1. The van der Waals surface area contributed by atoms with Gasteiger partial charge in [0, 0.05) is 77.4 Å². The highest BCUT2D eigenvalue weighted by molar-refractivity contribution is 14.1. The zero-order valence-corrected chi connectivity index (χ0v) is 23.5. The Balaban J connectivity index is 1.37. The average molecular weight is 643 g/mol. The number of piperazine rings is 1. The number of nitrogens with one attached hydrogen (secondary N) is 1. The maximum Gasteiger partial charge on any atom is 0.319 e. The fraction of sp³-hybridized carbons (Fsp3) is 0.393. The van der Waals surface area contributed by atoms with Gasteiger partial charge in [-0.15, -0.1) is 0 Å². The van der Waals surface area contributed by atoms with Crippen molar-refractivity contribution in [3.05, 3.63) is 48.2 Å². The van der Waals surface area contributed by atoms with Crippen molar-refractivity contribution in [2.45, 2.75) is 37.9 Å². The lowest BCUT2D eigenvalue weighted by atomic mass is 9.95. The molecular weight excluding hydrogens is 615 g/mol. The maximum atomic E-state index is 16.4. The van der Waals surface area contributed by atoms with Gasteiger partial charge in [0.1, 0.15) is 29.5 Å². The van der Waals surface area contributed by atoms with E-state index < -0.39 is 11.6 Å². The number of nitrogen functional groups attached to an aromatic ring is 1. The van der Waals surface area contributed by atoms with Crippen LogP contribution in [0.15, 0.2) is 36.5 Å². The lowest BCUT2D eigenvalue weighted by Gasteiger charge is -2.41. The van der Waals surface area contributed by atoms with Gasteiger partial charge in [-0.05, 0) is 42.3 Å². The minimum absolute atomic E-state index is 0.00747. The Morgan fingerprint density at radius 2 is 1.92 bits per heavy atom. The molecule has 0 spiro atoms. The van der Waals surface area contributed by atoms with Gasteiger partial charge < -0.3 is 20.7 Å². The van der Waals surface area contributed by atoms with E-state index in [1.165, 1.54) is 6.07 Å². The summed E-state index contributed by atoms with van der Waals surface area (Å²) >= 11 is 2.30. The molecule has 7 rings (SSSR count). The largest absolute Gasteiger partial charge is 0.462 e. The van der Waals surface area contributed by atoms with Crippen LogP contribution in [0.2, 0.25) is 0 Å². The normalized spacial score (nSPS) is 24.9. The van der Waals surface area contributed by atoms with Crippen LogP contribution >= 0.6 is 22.9 Å². The fourth-order valence-electron chi connectivity index (χ4n) is 6.15. The Hall–Kier alpha value is -2.90. The molecule has 8 nitrogen and oxygen atoms in total. The summed E-state index contributed by atoms with van der Waals surface area (Å²) in [5.74, 6) is -0.0138. The number of aromatic nitrogens is 3. The minimum Gasteiger partial charge on any atom is -0.462 e. The van der Waals surface area contributed by atoms with Crippen molar-refractivity contribution in [1.29, 1.82) is 0 Å². The standard InChI is InChI=1S/C28H28F2IN7O/c1-14-10-38(31)22(14)13-39-28-35-26-20(27(36-28)37-11-17-5-6-18(12-37)34-17)9-33-25(24(26)30)19-8-16(32)7-15-3-2-4-21(29)23(15)19/h2-4,7-9,14,17-18,22,34H,5-6,10-13,32H2,1H3/t14-,17?,18?,22-/m1/s1. The first kappa shape index (κ1) is 25.1. The first-order valence-electron chi connectivity index (χ1n) is 13.3.